The number of nitrogens with one attached hydrogen (secondary N) is 2. The van der Waals surface area contributed by atoms with Crippen molar-refractivity contribution in [3.8, 4) is 5.75 Å². The van der Waals surface area contributed by atoms with E-state index in [9.17, 15) is 4.79 Å². The molecular weight excluding hydrogens is 340 g/mol. The number of hydrogen-bond acceptors (Lipinski definition) is 4. The zero-order valence-electron chi connectivity index (χ0n) is 14.5. The molecule has 0 aromatic heterocycles. The highest BCUT2D eigenvalue weighted by Gasteiger charge is 2.67. The maximum atomic E-state index is 12.0. The van der Waals surface area contributed by atoms with Crippen LogP contribution in [-0.4, -0.2) is 42.8 Å². The summed E-state index contributed by atoms with van der Waals surface area (Å²) < 4.78 is 11.3. The van der Waals surface area contributed by atoms with Crippen LogP contribution in [0.15, 0.2) is 24.3 Å². The van der Waals surface area contributed by atoms with Gasteiger partial charge in [-0.2, -0.15) is 0 Å². The van der Waals surface area contributed by atoms with Crippen molar-refractivity contribution in [2.24, 2.45) is 5.92 Å². The van der Waals surface area contributed by atoms with E-state index in [2.05, 4.69) is 17.6 Å². The highest BCUT2D eigenvalue weighted by Crippen LogP contribution is 2.59. The van der Waals surface area contributed by atoms with Gasteiger partial charge in [-0.25, -0.2) is 0 Å². The third kappa shape index (κ3) is 3.94. The van der Waals surface area contributed by atoms with Crippen LogP contribution in [0, 0.1) is 5.92 Å². The van der Waals surface area contributed by atoms with Gasteiger partial charge < -0.3 is 20.1 Å². The van der Waals surface area contributed by atoms with Gasteiger partial charge >= 0.3 is 0 Å². The molecule has 2 unspecified atom stereocenters. The molecule has 6 heteroatoms. The van der Waals surface area contributed by atoms with Crippen molar-refractivity contribution in [3.05, 3.63) is 29.3 Å². The summed E-state index contributed by atoms with van der Waals surface area (Å²) in [6.07, 6.45) is 4.52. The molecule has 3 aliphatic carbocycles. The first-order valence-corrected chi connectivity index (χ1v) is 9.43. The molecular formula is C19H25ClN2O3. The van der Waals surface area contributed by atoms with Crippen LogP contribution < -0.4 is 15.4 Å². The highest BCUT2D eigenvalue weighted by molar-refractivity contribution is 6.30. The van der Waals surface area contributed by atoms with Crippen LogP contribution in [0.3, 0.4) is 0 Å². The second-order valence-corrected chi connectivity index (χ2v) is 8.25. The minimum atomic E-state index is -0.0644. The van der Waals surface area contributed by atoms with Crippen molar-refractivity contribution in [1.82, 2.24) is 10.6 Å². The maximum Gasteiger partial charge on any atom is 0.258 e. The topological polar surface area (TPSA) is 59.6 Å². The van der Waals surface area contributed by atoms with Gasteiger partial charge in [0.25, 0.3) is 5.91 Å². The molecule has 5 nitrogen and oxygen atoms in total. The molecule has 1 aromatic carbocycles. The Morgan fingerprint density at radius 3 is 2.72 bits per heavy atom. The van der Waals surface area contributed by atoms with Crippen LogP contribution in [-0.2, 0) is 9.53 Å². The van der Waals surface area contributed by atoms with Gasteiger partial charge in [0.2, 0.25) is 0 Å². The normalized spacial score (nSPS) is 30.8. The SMILES string of the molecule is CC1(OCCNC23CC2[C@H](NC(=O)COc2ccc(Cl)cc2)C3)CC1. The quantitative estimate of drug-likeness (QED) is 0.661. The van der Waals surface area contributed by atoms with E-state index in [0.717, 1.165) is 26.0 Å². The molecule has 0 bridgehead atoms. The minimum absolute atomic E-state index is 0.0394. The molecule has 0 radical (unpaired) electrons. The van der Waals surface area contributed by atoms with E-state index in [1.807, 2.05) is 0 Å². The van der Waals surface area contributed by atoms with Crippen molar-refractivity contribution in [1.29, 1.82) is 0 Å². The number of ether oxygens (including phenoxy) is 2. The molecule has 3 atom stereocenters. The second kappa shape index (κ2) is 6.45. The van der Waals surface area contributed by atoms with E-state index in [-0.39, 0.29) is 29.7 Å². The number of halogens is 1. The Bertz CT molecular complexity index is 647. The lowest BCUT2D eigenvalue weighted by molar-refractivity contribution is -0.124. The first kappa shape index (κ1) is 17.1. The lowest BCUT2D eigenvalue weighted by atomic mass is 9.86. The average molecular weight is 365 g/mol. The second-order valence-electron chi connectivity index (χ2n) is 7.81. The molecule has 4 rings (SSSR count). The number of hydrogen-bond donors (Lipinski definition) is 2. The van der Waals surface area contributed by atoms with Crippen LogP contribution >= 0.6 is 11.6 Å². The summed E-state index contributed by atoms with van der Waals surface area (Å²) in [6, 6.07) is 7.30. The van der Waals surface area contributed by atoms with Gasteiger partial charge in [-0.05, 0) is 62.8 Å². The number of rotatable bonds is 9. The molecule has 3 fully saturated rings. The van der Waals surface area contributed by atoms with E-state index in [4.69, 9.17) is 21.1 Å². The monoisotopic (exact) mass is 364 g/mol. The van der Waals surface area contributed by atoms with E-state index in [1.54, 1.807) is 24.3 Å². The van der Waals surface area contributed by atoms with Gasteiger partial charge in [-0.3, -0.25) is 4.79 Å². The van der Waals surface area contributed by atoms with Crippen LogP contribution in [0.2, 0.25) is 5.02 Å². The summed E-state index contributed by atoms with van der Waals surface area (Å²) in [5.74, 6) is 1.15. The zero-order chi connectivity index (χ0) is 17.5. The molecule has 3 aliphatic rings. The molecule has 0 spiro atoms. The fourth-order valence-electron chi connectivity index (χ4n) is 3.74. The zero-order valence-corrected chi connectivity index (χ0v) is 15.3. The van der Waals surface area contributed by atoms with Gasteiger partial charge in [0.15, 0.2) is 6.61 Å². The number of amides is 1. The molecule has 25 heavy (non-hydrogen) atoms. The van der Waals surface area contributed by atoms with Crippen LogP contribution in [0.4, 0.5) is 0 Å². The van der Waals surface area contributed by atoms with E-state index < -0.39 is 0 Å². The van der Waals surface area contributed by atoms with E-state index >= 15 is 0 Å². The molecule has 1 aromatic rings. The largest absolute Gasteiger partial charge is 0.484 e. The van der Waals surface area contributed by atoms with Crippen molar-refractivity contribution < 1.29 is 14.3 Å². The third-order valence-electron chi connectivity index (χ3n) is 5.72. The Hall–Kier alpha value is -1.30. The minimum Gasteiger partial charge on any atom is -0.484 e. The molecule has 136 valence electrons. The summed E-state index contributed by atoms with van der Waals surface area (Å²) in [5.41, 5.74) is 0.408. The molecule has 0 saturated heterocycles. The fraction of sp³-hybridized carbons (Fsp3) is 0.632. The lowest BCUT2D eigenvalue weighted by Gasteiger charge is -2.36. The summed E-state index contributed by atoms with van der Waals surface area (Å²) in [6.45, 7) is 3.88. The van der Waals surface area contributed by atoms with Crippen molar-refractivity contribution >= 4 is 17.5 Å². The van der Waals surface area contributed by atoms with Crippen LogP contribution in [0.25, 0.3) is 0 Å². The fourth-order valence-corrected chi connectivity index (χ4v) is 3.87. The van der Waals surface area contributed by atoms with Gasteiger partial charge in [0.1, 0.15) is 5.75 Å². The Morgan fingerprint density at radius 1 is 1.28 bits per heavy atom. The van der Waals surface area contributed by atoms with Crippen molar-refractivity contribution in [3.63, 3.8) is 0 Å². The van der Waals surface area contributed by atoms with Gasteiger partial charge in [0, 0.05) is 23.1 Å². The average Bonchev–Trinajstić information content (AvgIpc) is 3.46. The summed E-state index contributed by atoms with van der Waals surface area (Å²) in [7, 11) is 0. The van der Waals surface area contributed by atoms with E-state index in [1.165, 1.54) is 12.8 Å². The summed E-state index contributed by atoms with van der Waals surface area (Å²) in [5, 5.41) is 7.35. The Morgan fingerprint density at radius 2 is 2.04 bits per heavy atom. The number of fused-ring (bicyclic) bond motifs is 1. The van der Waals surface area contributed by atoms with Gasteiger partial charge in [-0.1, -0.05) is 11.6 Å². The Balaban J connectivity index is 1.11. The highest BCUT2D eigenvalue weighted by atomic mass is 35.5. The van der Waals surface area contributed by atoms with Crippen LogP contribution in [0.1, 0.15) is 32.6 Å². The molecule has 2 N–H and O–H groups in total. The predicted molar refractivity (Wildman–Crippen MR) is 95.9 cm³/mol. The number of benzene rings is 1. The standard InChI is InChI=1S/C19H25ClN2O3/c1-18(6-7-18)25-9-8-21-19-10-15(19)16(11-19)22-17(23)12-24-14-4-2-13(20)3-5-14/h2-5,15-16,21H,6-12H2,1H3,(H,22,23)/t15?,16-,19?/m1/s1. The smallest absolute Gasteiger partial charge is 0.258 e. The molecule has 3 saturated carbocycles. The predicted octanol–water partition coefficient (Wildman–Crippen LogP) is 2.52. The summed E-state index contributed by atoms with van der Waals surface area (Å²) >= 11 is 5.83. The summed E-state index contributed by atoms with van der Waals surface area (Å²) in [4.78, 5) is 12.0. The van der Waals surface area contributed by atoms with Gasteiger partial charge in [0.05, 0.1) is 12.2 Å². The molecule has 0 aliphatic heterocycles. The number of carbonyl (C=O) groups excluding carboxylic acids is 1. The van der Waals surface area contributed by atoms with Crippen molar-refractivity contribution in [2.45, 2.75) is 49.8 Å². The van der Waals surface area contributed by atoms with Crippen molar-refractivity contribution in [2.75, 3.05) is 19.8 Å². The lowest BCUT2D eigenvalue weighted by Crippen LogP contribution is -2.55. The number of carbonyl (C=O) groups is 1. The first-order valence-electron chi connectivity index (χ1n) is 9.05. The Labute approximate surface area is 153 Å². The maximum absolute atomic E-state index is 12.0. The molecule has 1 amide bonds. The molecule has 0 heterocycles. The van der Waals surface area contributed by atoms with E-state index in [0.29, 0.717) is 16.7 Å². The first-order chi connectivity index (χ1) is 12.0. The Kier molecular flexibility index (Phi) is 4.42. The van der Waals surface area contributed by atoms with Gasteiger partial charge in [-0.15, -0.1) is 0 Å². The third-order valence-corrected chi connectivity index (χ3v) is 5.97. The van der Waals surface area contributed by atoms with Crippen LogP contribution in [0.5, 0.6) is 5.75 Å².